The first-order valence-corrected chi connectivity index (χ1v) is 11.7. The Kier molecular flexibility index (Phi) is 7.25. The number of alkyl halides is 2. The van der Waals surface area contributed by atoms with Gasteiger partial charge in [-0.1, -0.05) is 19.6 Å². The fourth-order valence-electron chi connectivity index (χ4n) is 2.70. The molecule has 4 nitrogen and oxygen atoms in total. The van der Waals surface area contributed by atoms with E-state index in [0.29, 0.717) is 19.6 Å². The second-order valence-electron chi connectivity index (χ2n) is 7.67. The van der Waals surface area contributed by atoms with Gasteiger partial charge in [-0.05, 0) is 31.2 Å². The molecule has 0 saturated heterocycles. The largest absolute Gasteiger partial charge is 0.450 e. The normalized spacial score (nSPS) is 26.8. The van der Waals surface area contributed by atoms with Crippen molar-refractivity contribution in [1.29, 1.82) is 0 Å². The highest BCUT2D eigenvalue weighted by atomic mass is 28.3. The molecule has 22 heavy (non-hydrogen) atoms. The lowest BCUT2D eigenvalue weighted by Gasteiger charge is -2.23. The summed E-state index contributed by atoms with van der Waals surface area (Å²) in [7, 11) is 0.420. The van der Waals surface area contributed by atoms with Crippen molar-refractivity contribution < 1.29 is 18.3 Å². The van der Waals surface area contributed by atoms with E-state index in [0.717, 1.165) is 6.04 Å². The van der Waals surface area contributed by atoms with E-state index in [1.807, 2.05) is 0 Å². The van der Waals surface area contributed by atoms with Crippen LogP contribution in [0.4, 0.5) is 13.6 Å². The molecule has 1 aliphatic rings. The van der Waals surface area contributed by atoms with Gasteiger partial charge in [-0.15, -0.1) is 0 Å². The van der Waals surface area contributed by atoms with Crippen molar-refractivity contribution in [2.75, 3.05) is 20.2 Å². The Hall–Kier alpha value is -0.693. The molecule has 0 heterocycles. The molecule has 1 amide bonds. The van der Waals surface area contributed by atoms with Gasteiger partial charge in [0.05, 0.1) is 6.61 Å². The average molecular weight is 336 g/mol. The molecular weight excluding hydrogens is 306 g/mol. The number of nitrogens with zero attached hydrogens (tertiary/aromatic N) is 1. The van der Waals surface area contributed by atoms with E-state index >= 15 is 0 Å². The number of nitrogens with two attached hydrogens (primary N) is 1. The van der Waals surface area contributed by atoms with Crippen LogP contribution in [0.2, 0.25) is 25.7 Å². The summed E-state index contributed by atoms with van der Waals surface area (Å²) in [6.07, 6.45) is -2.10. The lowest BCUT2D eigenvalue weighted by atomic mass is 9.98. The Morgan fingerprint density at radius 1 is 1.32 bits per heavy atom. The molecule has 0 radical (unpaired) electrons. The minimum absolute atomic E-state index is 0.0312. The molecule has 1 rings (SSSR count). The number of halogens is 2. The van der Waals surface area contributed by atoms with Crippen LogP contribution in [0.25, 0.3) is 0 Å². The number of hydrogen-bond donors (Lipinski definition) is 1. The molecule has 4 atom stereocenters. The van der Waals surface area contributed by atoms with Gasteiger partial charge in [-0.2, -0.15) is 0 Å². The van der Waals surface area contributed by atoms with E-state index in [2.05, 4.69) is 19.6 Å². The van der Waals surface area contributed by atoms with Gasteiger partial charge in [0.2, 0.25) is 0 Å². The summed E-state index contributed by atoms with van der Waals surface area (Å²) in [5, 5.41) is 0. The third-order valence-electron chi connectivity index (χ3n) is 4.04. The number of carbonyl (C=O) groups excluding carboxylic acids is 1. The lowest BCUT2D eigenvalue weighted by Crippen LogP contribution is -2.40. The number of rotatable bonds is 7. The molecule has 1 aliphatic carbocycles. The molecule has 1 saturated carbocycles. The standard InChI is InChI=1S/C15H30F2N2O2Si/c1-19(15(20)21-5-6-22(2,3)4)10-12(18)7-11-8-13(16)14(17)9-11/h11-14H,5-10,18H2,1-4H3/t11-,12-,13+,14-/m1/s1. The highest BCUT2D eigenvalue weighted by molar-refractivity contribution is 6.76. The Morgan fingerprint density at radius 2 is 1.86 bits per heavy atom. The summed E-state index contributed by atoms with van der Waals surface area (Å²) in [4.78, 5) is 13.3. The van der Waals surface area contributed by atoms with Gasteiger partial charge >= 0.3 is 6.09 Å². The first-order chi connectivity index (χ1) is 10.1. The zero-order valence-electron chi connectivity index (χ0n) is 14.1. The van der Waals surface area contributed by atoms with Crippen LogP contribution in [-0.4, -0.2) is 57.7 Å². The predicted octanol–water partition coefficient (Wildman–Crippen LogP) is 3.20. The van der Waals surface area contributed by atoms with Gasteiger partial charge in [0, 0.05) is 27.7 Å². The van der Waals surface area contributed by atoms with E-state index in [9.17, 15) is 13.6 Å². The molecule has 1 fully saturated rings. The molecule has 0 aromatic heterocycles. The van der Waals surface area contributed by atoms with E-state index in [4.69, 9.17) is 10.5 Å². The highest BCUT2D eigenvalue weighted by Gasteiger charge is 2.35. The van der Waals surface area contributed by atoms with Crippen LogP contribution in [0.15, 0.2) is 0 Å². The van der Waals surface area contributed by atoms with Crippen molar-refractivity contribution in [1.82, 2.24) is 4.90 Å². The van der Waals surface area contributed by atoms with Crippen molar-refractivity contribution in [3.05, 3.63) is 0 Å². The van der Waals surface area contributed by atoms with E-state index in [-0.39, 0.29) is 30.9 Å². The van der Waals surface area contributed by atoms with Gasteiger partial charge < -0.3 is 15.4 Å². The number of ether oxygens (including phenoxy) is 1. The van der Waals surface area contributed by atoms with Crippen LogP contribution < -0.4 is 5.73 Å². The zero-order valence-corrected chi connectivity index (χ0v) is 15.1. The maximum atomic E-state index is 13.1. The number of hydrogen-bond acceptors (Lipinski definition) is 3. The van der Waals surface area contributed by atoms with Crippen molar-refractivity contribution >= 4 is 14.2 Å². The maximum Gasteiger partial charge on any atom is 0.409 e. The fraction of sp³-hybridized carbons (Fsp3) is 0.933. The summed E-state index contributed by atoms with van der Waals surface area (Å²) in [6, 6.07) is 0.647. The van der Waals surface area contributed by atoms with Gasteiger partial charge in [-0.25, -0.2) is 13.6 Å². The van der Waals surface area contributed by atoms with E-state index < -0.39 is 20.4 Å². The van der Waals surface area contributed by atoms with E-state index in [1.165, 1.54) is 4.90 Å². The monoisotopic (exact) mass is 336 g/mol. The lowest BCUT2D eigenvalue weighted by molar-refractivity contribution is 0.112. The molecule has 0 aliphatic heterocycles. The molecule has 2 N–H and O–H groups in total. The molecule has 7 heteroatoms. The smallest absolute Gasteiger partial charge is 0.409 e. The highest BCUT2D eigenvalue weighted by Crippen LogP contribution is 2.33. The number of carbonyl (C=O) groups is 1. The summed E-state index contributed by atoms with van der Waals surface area (Å²) in [5.74, 6) is -0.0312. The van der Waals surface area contributed by atoms with Crippen LogP contribution in [0.3, 0.4) is 0 Å². The SMILES string of the molecule is CN(C[C@H](N)C[C@H]1C[C@@H](F)[C@@H](F)C1)C(=O)OCC[Si](C)(C)C. The number of amides is 1. The molecule has 130 valence electrons. The first kappa shape index (κ1) is 19.4. The summed E-state index contributed by atoms with van der Waals surface area (Å²) >= 11 is 0. The third kappa shape index (κ3) is 7.04. The second kappa shape index (κ2) is 8.24. The summed E-state index contributed by atoms with van der Waals surface area (Å²) in [5.41, 5.74) is 5.99. The van der Waals surface area contributed by atoms with Crippen molar-refractivity contribution in [3.8, 4) is 0 Å². The van der Waals surface area contributed by atoms with E-state index in [1.54, 1.807) is 7.05 Å². The molecule has 0 aromatic carbocycles. The number of likely N-dealkylation sites (N-methyl/N-ethyl adjacent to an activating group) is 1. The quantitative estimate of drug-likeness (QED) is 0.726. The van der Waals surface area contributed by atoms with Crippen molar-refractivity contribution in [2.24, 2.45) is 11.7 Å². The molecule has 0 unspecified atom stereocenters. The van der Waals surface area contributed by atoms with Crippen LogP contribution in [-0.2, 0) is 4.74 Å². The molecule has 0 bridgehead atoms. The van der Waals surface area contributed by atoms with Crippen molar-refractivity contribution in [2.45, 2.75) is 63.3 Å². The minimum atomic E-state index is -1.36. The Morgan fingerprint density at radius 3 is 2.36 bits per heavy atom. The van der Waals surface area contributed by atoms with Gasteiger partial charge in [0.15, 0.2) is 0 Å². The topological polar surface area (TPSA) is 55.6 Å². The molecule has 0 spiro atoms. The van der Waals surface area contributed by atoms with Gasteiger partial charge in [0.25, 0.3) is 0 Å². The predicted molar refractivity (Wildman–Crippen MR) is 87.2 cm³/mol. The fourth-order valence-corrected chi connectivity index (χ4v) is 3.42. The van der Waals surface area contributed by atoms with Crippen LogP contribution >= 0.6 is 0 Å². The summed E-state index contributed by atoms with van der Waals surface area (Å²) < 4.78 is 31.5. The Balaban J connectivity index is 2.25. The van der Waals surface area contributed by atoms with Crippen LogP contribution in [0.1, 0.15) is 19.3 Å². The van der Waals surface area contributed by atoms with Crippen LogP contribution in [0.5, 0.6) is 0 Å². The van der Waals surface area contributed by atoms with Gasteiger partial charge in [-0.3, -0.25) is 0 Å². The zero-order chi connectivity index (χ0) is 16.9. The van der Waals surface area contributed by atoms with Crippen molar-refractivity contribution in [3.63, 3.8) is 0 Å². The first-order valence-electron chi connectivity index (χ1n) is 8.00. The molecular formula is C15H30F2N2O2Si. The third-order valence-corrected chi connectivity index (χ3v) is 5.75. The average Bonchev–Trinajstić information content (AvgIpc) is 2.65. The summed E-state index contributed by atoms with van der Waals surface area (Å²) in [6.45, 7) is 7.44. The minimum Gasteiger partial charge on any atom is -0.450 e. The van der Waals surface area contributed by atoms with Gasteiger partial charge in [0.1, 0.15) is 12.3 Å². The second-order valence-corrected chi connectivity index (χ2v) is 13.3. The molecule has 0 aromatic rings. The Bertz CT molecular complexity index is 356. The maximum absolute atomic E-state index is 13.1. The van der Waals surface area contributed by atoms with Crippen LogP contribution in [0, 0.1) is 5.92 Å². The Labute approximate surface area is 133 Å².